The normalized spacial score (nSPS) is 18.2. The molecule has 0 saturated heterocycles. The van der Waals surface area contributed by atoms with E-state index in [1.807, 2.05) is 37.3 Å². The van der Waals surface area contributed by atoms with Crippen LogP contribution < -0.4 is 11.1 Å². The summed E-state index contributed by atoms with van der Waals surface area (Å²) in [6.45, 7) is 1.84. The molecule has 0 aromatic heterocycles. The third-order valence-electron chi connectivity index (χ3n) is 4.64. The molecule has 0 fully saturated rings. The number of carbonyl (C=O) groups is 1. The summed E-state index contributed by atoms with van der Waals surface area (Å²) < 4.78 is 13.3. The van der Waals surface area contributed by atoms with E-state index in [-0.39, 0.29) is 42.1 Å². The van der Waals surface area contributed by atoms with Gasteiger partial charge in [-0.15, -0.1) is 12.4 Å². The Balaban J connectivity index is 0.00000208. The van der Waals surface area contributed by atoms with Gasteiger partial charge in [-0.3, -0.25) is 4.79 Å². The SMILES string of the molecule is CC(C(=O)NC1CCc2cc(F)ccc21)C(N)c1ccccc1.Cl. The molecule has 2 aromatic rings. The van der Waals surface area contributed by atoms with Gasteiger partial charge in [0.25, 0.3) is 0 Å². The van der Waals surface area contributed by atoms with Crippen LogP contribution in [-0.4, -0.2) is 5.91 Å². The van der Waals surface area contributed by atoms with Crippen LogP contribution >= 0.6 is 12.4 Å². The van der Waals surface area contributed by atoms with Gasteiger partial charge in [-0.1, -0.05) is 43.3 Å². The smallest absolute Gasteiger partial charge is 0.225 e. The second-order valence-corrected chi connectivity index (χ2v) is 6.17. The quantitative estimate of drug-likeness (QED) is 0.885. The summed E-state index contributed by atoms with van der Waals surface area (Å²) in [6.07, 6.45) is 1.59. The maximum Gasteiger partial charge on any atom is 0.225 e. The summed E-state index contributed by atoms with van der Waals surface area (Å²) in [5.41, 5.74) is 9.16. The summed E-state index contributed by atoms with van der Waals surface area (Å²) in [4.78, 5) is 12.5. The van der Waals surface area contributed by atoms with Crippen LogP contribution in [-0.2, 0) is 11.2 Å². The minimum atomic E-state index is -0.342. The van der Waals surface area contributed by atoms with Crippen molar-refractivity contribution in [2.45, 2.75) is 31.8 Å². The Morgan fingerprint density at radius 3 is 2.67 bits per heavy atom. The Kier molecular flexibility index (Phi) is 5.97. The van der Waals surface area contributed by atoms with E-state index in [0.29, 0.717) is 0 Å². The van der Waals surface area contributed by atoms with Crippen LogP contribution in [0.5, 0.6) is 0 Å². The van der Waals surface area contributed by atoms with Crippen LogP contribution in [0.1, 0.15) is 42.1 Å². The lowest BCUT2D eigenvalue weighted by molar-refractivity contribution is -0.125. The predicted octanol–water partition coefficient (Wildman–Crippen LogP) is 3.69. The number of halogens is 2. The third-order valence-corrected chi connectivity index (χ3v) is 4.64. The molecule has 128 valence electrons. The zero-order valence-electron chi connectivity index (χ0n) is 13.5. The van der Waals surface area contributed by atoms with E-state index in [4.69, 9.17) is 5.73 Å². The Labute approximate surface area is 147 Å². The summed E-state index contributed by atoms with van der Waals surface area (Å²) in [7, 11) is 0. The number of nitrogens with one attached hydrogen (secondary N) is 1. The maximum atomic E-state index is 13.3. The summed E-state index contributed by atoms with van der Waals surface area (Å²) in [6, 6.07) is 14.0. The zero-order valence-corrected chi connectivity index (χ0v) is 14.4. The lowest BCUT2D eigenvalue weighted by Gasteiger charge is -2.22. The van der Waals surface area contributed by atoms with Crippen LogP contribution in [0.25, 0.3) is 0 Å². The van der Waals surface area contributed by atoms with Crippen LogP contribution in [0.2, 0.25) is 0 Å². The van der Waals surface area contributed by atoms with Crippen molar-refractivity contribution in [1.29, 1.82) is 0 Å². The van der Waals surface area contributed by atoms with Gasteiger partial charge in [-0.2, -0.15) is 0 Å². The standard InChI is InChI=1S/C19H21FN2O.ClH/c1-12(18(21)13-5-3-2-4-6-13)19(23)22-17-10-7-14-11-15(20)8-9-16(14)17;/h2-6,8-9,11-12,17-18H,7,10,21H2,1H3,(H,22,23);1H. The molecule has 0 radical (unpaired) electrons. The molecule has 0 bridgehead atoms. The first-order chi connectivity index (χ1) is 11.1. The van der Waals surface area contributed by atoms with E-state index in [2.05, 4.69) is 5.32 Å². The molecule has 3 nitrogen and oxygen atoms in total. The molecule has 2 aromatic carbocycles. The molecular weight excluding hydrogens is 327 g/mol. The number of nitrogens with two attached hydrogens (primary N) is 1. The largest absolute Gasteiger partial charge is 0.349 e. The second kappa shape index (κ2) is 7.77. The highest BCUT2D eigenvalue weighted by molar-refractivity contribution is 5.85. The lowest BCUT2D eigenvalue weighted by atomic mass is 9.94. The average Bonchev–Trinajstić information content (AvgIpc) is 2.96. The molecule has 1 amide bonds. The number of hydrogen-bond donors (Lipinski definition) is 2. The highest BCUT2D eigenvalue weighted by atomic mass is 35.5. The molecule has 0 spiro atoms. The van der Waals surface area contributed by atoms with E-state index in [1.54, 1.807) is 12.1 Å². The minimum Gasteiger partial charge on any atom is -0.349 e. The van der Waals surface area contributed by atoms with Gasteiger partial charge in [0.15, 0.2) is 0 Å². The van der Waals surface area contributed by atoms with Gasteiger partial charge < -0.3 is 11.1 Å². The van der Waals surface area contributed by atoms with Gasteiger partial charge >= 0.3 is 0 Å². The van der Waals surface area contributed by atoms with E-state index in [1.165, 1.54) is 6.07 Å². The Morgan fingerprint density at radius 1 is 1.25 bits per heavy atom. The molecular formula is C19H22ClFN2O. The molecule has 24 heavy (non-hydrogen) atoms. The summed E-state index contributed by atoms with van der Waals surface area (Å²) in [5, 5.41) is 3.06. The molecule has 1 aliphatic rings. The van der Waals surface area contributed by atoms with Gasteiger partial charge in [0.1, 0.15) is 5.82 Å². The van der Waals surface area contributed by atoms with E-state index in [0.717, 1.165) is 29.5 Å². The molecule has 1 aliphatic carbocycles. The number of carbonyl (C=O) groups excluding carboxylic acids is 1. The van der Waals surface area contributed by atoms with Crippen molar-refractivity contribution in [3.63, 3.8) is 0 Å². The molecule has 0 aliphatic heterocycles. The van der Waals surface area contributed by atoms with Gasteiger partial charge in [-0.05, 0) is 41.7 Å². The van der Waals surface area contributed by atoms with Crippen molar-refractivity contribution in [1.82, 2.24) is 5.32 Å². The first-order valence-corrected chi connectivity index (χ1v) is 7.95. The van der Waals surface area contributed by atoms with Crippen molar-refractivity contribution in [3.05, 3.63) is 71.0 Å². The highest BCUT2D eigenvalue weighted by Crippen LogP contribution is 2.32. The number of hydrogen-bond acceptors (Lipinski definition) is 2. The summed E-state index contributed by atoms with van der Waals surface area (Å²) in [5.74, 6) is -0.624. The monoisotopic (exact) mass is 348 g/mol. The van der Waals surface area contributed by atoms with Crippen molar-refractivity contribution in [2.24, 2.45) is 11.7 Å². The molecule has 3 unspecified atom stereocenters. The van der Waals surface area contributed by atoms with Gasteiger partial charge in [0, 0.05) is 6.04 Å². The fraction of sp³-hybridized carbons (Fsp3) is 0.316. The molecule has 0 heterocycles. The second-order valence-electron chi connectivity index (χ2n) is 6.17. The number of amides is 1. The molecule has 5 heteroatoms. The van der Waals surface area contributed by atoms with Crippen molar-refractivity contribution < 1.29 is 9.18 Å². The number of benzene rings is 2. The maximum absolute atomic E-state index is 13.3. The average molecular weight is 349 g/mol. The molecule has 3 atom stereocenters. The Bertz CT molecular complexity index is 708. The Hall–Kier alpha value is -1.91. The first kappa shape index (κ1) is 18.4. The van der Waals surface area contributed by atoms with E-state index >= 15 is 0 Å². The third kappa shape index (κ3) is 3.77. The topological polar surface area (TPSA) is 55.1 Å². The highest BCUT2D eigenvalue weighted by Gasteiger charge is 2.28. The van der Waals surface area contributed by atoms with Gasteiger partial charge in [0.2, 0.25) is 5.91 Å². The van der Waals surface area contributed by atoms with Crippen molar-refractivity contribution in [3.8, 4) is 0 Å². The van der Waals surface area contributed by atoms with Gasteiger partial charge in [0.05, 0.1) is 12.0 Å². The van der Waals surface area contributed by atoms with Crippen LogP contribution in [0.4, 0.5) is 4.39 Å². The van der Waals surface area contributed by atoms with Crippen molar-refractivity contribution in [2.75, 3.05) is 0 Å². The molecule has 3 N–H and O–H groups in total. The Morgan fingerprint density at radius 2 is 1.96 bits per heavy atom. The molecule has 3 rings (SSSR count). The lowest BCUT2D eigenvalue weighted by Crippen LogP contribution is -2.37. The fourth-order valence-corrected chi connectivity index (χ4v) is 3.17. The van der Waals surface area contributed by atoms with Crippen LogP contribution in [0.3, 0.4) is 0 Å². The van der Waals surface area contributed by atoms with Crippen molar-refractivity contribution >= 4 is 18.3 Å². The summed E-state index contributed by atoms with van der Waals surface area (Å²) >= 11 is 0. The van der Waals surface area contributed by atoms with E-state index in [9.17, 15) is 9.18 Å². The minimum absolute atomic E-state index is 0. The number of fused-ring (bicyclic) bond motifs is 1. The fourth-order valence-electron chi connectivity index (χ4n) is 3.17. The van der Waals surface area contributed by atoms with Crippen LogP contribution in [0.15, 0.2) is 48.5 Å². The number of aryl methyl sites for hydroxylation is 1. The first-order valence-electron chi connectivity index (χ1n) is 7.95. The van der Waals surface area contributed by atoms with E-state index < -0.39 is 0 Å². The van der Waals surface area contributed by atoms with Gasteiger partial charge in [-0.25, -0.2) is 4.39 Å². The molecule has 0 saturated carbocycles. The van der Waals surface area contributed by atoms with Crippen LogP contribution in [0, 0.1) is 11.7 Å². The predicted molar refractivity (Wildman–Crippen MR) is 95.4 cm³/mol. The number of rotatable bonds is 4. The zero-order chi connectivity index (χ0) is 16.4.